The van der Waals surface area contributed by atoms with Crippen molar-refractivity contribution in [2.24, 2.45) is 0 Å². The van der Waals surface area contributed by atoms with Crippen molar-refractivity contribution in [3.63, 3.8) is 0 Å². The Morgan fingerprint density at radius 1 is 1.50 bits per heavy atom. The second kappa shape index (κ2) is 7.26. The fourth-order valence-electron chi connectivity index (χ4n) is 2.72. The van der Waals surface area contributed by atoms with E-state index in [-0.39, 0.29) is 0 Å². The van der Waals surface area contributed by atoms with Gasteiger partial charge in [-0.2, -0.15) is 0 Å². The molecule has 0 radical (unpaired) electrons. The van der Waals surface area contributed by atoms with E-state index in [1.165, 1.54) is 16.0 Å². The van der Waals surface area contributed by atoms with Crippen molar-refractivity contribution < 1.29 is 8.92 Å². The van der Waals surface area contributed by atoms with Gasteiger partial charge in [-0.15, -0.1) is 0 Å². The van der Waals surface area contributed by atoms with Gasteiger partial charge in [-0.05, 0) is 0 Å². The predicted molar refractivity (Wildman–Crippen MR) is 107 cm³/mol. The molecule has 2 heterocycles. The summed E-state index contributed by atoms with van der Waals surface area (Å²) in [6, 6.07) is 8.26. The van der Waals surface area contributed by atoms with Crippen LogP contribution in [0.25, 0.3) is 0 Å². The van der Waals surface area contributed by atoms with Gasteiger partial charge in [-0.25, -0.2) is 0 Å². The van der Waals surface area contributed by atoms with Crippen LogP contribution in [0.15, 0.2) is 29.6 Å². The molecule has 1 aliphatic rings. The molecule has 1 aromatic heterocycles. The van der Waals surface area contributed by atoms with E-state index in [0.717, 1.165) is 23.6 Å². The van der Waals surface area contributed by atoms with Gasteiger partial charge in [0.15, 0.2) is 0 Å². The molecule has 2 unspecified atom stereocenters. The first-order valence-corrected chi connectivity index (χ1v) is 13.2. The summed E-state index contributed by atoms with van der Waals surface area (Å²) in [5.74, 6) is 0. The summed E-state index contributed by atoms with van der Waals surface area (Å²) in [5.41, 5.74) is 3.20. The molecule has 22 heavy (non-hydrogen) atoms. The predicted octanol–water partition coefficient (Wildman–Crippen LogP) is 6.35. The number of hydrogen-bond acceptors (Lipinski definition) is 3. The van der Waals surface area contributed by atoms with Gasteiger partial charge in [0.1, 0.15) is 0 Å². The van der Waals surface area contributed by atoms with Gasteiger partial charge < -0.3 is 0 Å². The van der Waals surface area contributed by atoms with Gasteiger partial charge in [0.25, 0.3) is 0 Å². The number of thiol groups is 1. The van der Waals surface area contributed by atoms with Crippen LogP contribution in [0.3, 0.4) is 0 Å². The monoisotopic (exact) mass is 484 g/mol. The summed E-state index contributed by atoms with van der Waals surface area (Å²) in [6.07, 6.45) is 0.932. The third-order valence-electron chi connectivity index (χ3n) is 3.87. The Kier molecular flexibility index (Phi) is 5.76. The van der Waals surface area contributed by atoms with Crippen LogP contribution in [0, 0.1) is 0 Å². The summed E-state index contributed by atoms with van der Waals surface area (Å²) in [7, 11) is 3.63. The van der Waals surface area contributed by atoms with E-state index in [9.17, 15) is 0 Å². The molecular formula is C15H15ClIO2PS2. The summed E-state index contributed by atoms with van der Waals surface area (Å²) < 4.78 is 11.8. The fourth-order valence-corrected chi connectivity index (χ4v) is 4.71. The fraction of sp³-hybridized carbons (Fsp3) is 0.333. The van der Waals surface area contributed by atoms with E-state index in [0.29, 0.717) is 6.61 Å². The van der Waals surface area contributed by atoms with E-state index in [1.807, 2.05) is 12.1 Å². The Morgan fingerprint density at radius 2 is 2.32 bits per heavy atom. The zero-order valence-corrected chi connectivity index (χ0v) is 17.4. The summed E-state index contributed by atoms with van der Waals surface area (Å²) >= 11 is 10.1. The van der Waals surface area contributed by atoms with Crippen LogP contribution in [-0.4, -0.2) is 6.61 Å². The van der Waals surface area contributed by atoms with E-state index in [1.54, 1.807) is 11.3 Å². The van der Waals surface area contributed by atoms with Crippen molar-refractivity contribution in [1.82, 2.24) is 0 Å². The molecule has 0 fully saturated rings. The van der Waals surface area contributed by atoms with Crippen molar-refractivity contribution in [3.8, 4) is 0 Å². The van der Waals surface area contributed by atoms with Gasteiger partial charge in [-0.1, -0.05) is 0 Å². The van der Waals surface area contributed by atoms with Gasteiger partial charge in [0.05, 0.1) is 0 Å². The van der Waals surface area contributed by atoms with Gasteiger partial charge >= 0.3 is 157 Å². The van der Waals surface area contributed by atoms with E-state index < -0.39 is 12.9 Å². The Hall–Kier alpha value is 0.640. The Balaban J connectivity index is 1.95. The number of fused-ring (bicyclic) bond motifs is 1. The van der Waals surface area contributed by atoms with E-state index in [4.69, 9.17) is 20.5 Å². The average molecular weight is 485 g/mol. The molecule has 0 spiro atoms. The quantitative estimate of drug-likeness (QED) is 0.311. The molecule has 2 atom stereocenters. The molecule has 0 aliphatic carbocycles. The zero-order chi connectivity index (χ0) is 15.7. The summed E-state index contributed by atoms with van der Waals surface area (Å²) in [6.45, 7) is 3.45. The van der Waals surface area contributed by atoms with Crippen molar-refractivity contribution >= 4 is 59.3 Å². The van der Waals surface area contributed by atoms with Gasteiger partial charge in [0, 0.05) is 0 Å². The number of hydrogen-bond donors (Lipinski definition) is 1. The normalized spacial score (nSPS) is 22.3. The number of benzene rings is 1. The van der Waals surface area contributed by atoms with Crippen LogP contribution in [-0.2, 0) is 27.5 Å². The number of ether oxygens (including phenoxy) is 1. The van der Waals surface area contributed by atoms with Crippen molar-refractivity contribution in [2.45, 2.75) is 25.6 Å². The molecule has 0 saturated heterocycles. The average Bonchev–Trinajstić information content (AvgIpc) is 2.96. The van der Waals surface area contributed by atoms with Gasteiger partial charge in [0.2, 0.25) is 0 Å². The molecule has 2 nitrogen and oxygen atoms in total. The molecular weight excluding hydrogens is 470 g/mol. The number of rotatable bonds is 3. The second-order valence-corrected chi connectivity index (χ2v) is 13.4. The third-order valence-corrected chi connectivity index (χ3v) is 6.54. The Bertz CT molecular complexity index is 770. The standard InChI is InChI=1S/C15H15ClIO2PS2/c1-15(11-6-13(21-9-11)8-19-22(17)20)14-7-12(16)3-2-10(14)4-5-18-15/h2-3,6-7,9,22H,4-5,8H2,1H3. The van der Waals surface area contributed by atoms with Crippen molar-refractivity contribution in [1.29, 1.82) is 0 Å². The Labute approximate surface area is 155 Å². The van der Waals surface area contributed by atoms with Crippen LogP contribution < -0.4 is 0 Å². The molecule has 1 aromatic carbocycles. The molecule has 0 bridgehead atoms. The molecule has 2 aromatic rings. The first kappa shape index (κ1) is 17.5. The van der Waals surface area contributed by atoms with Crippen LogP contribution in [0.1, 0.15) is 28.5 Å². The number of halogens is 2. The first-order chi connectivity index (χ1) is 10.5. The molecule has 0 N–H and O–H groups in total. The summed E-state index contributed by atoms with van der Waals surface area (Å²) in [5, 5.41) is 2.91. The molecule has 1 aliphatic heterocycles. The molecule has 118 valence electrons. The van der Waals surface area contributed by atoms with Gasteiger partial charge in [-0.3, -0.25) is 0 Å². The third kappa shape index (κ3) is 3.66. The molecule has 0 saturated carbocycles. The van der Waals surface area contributed by atoms with E-state index in [2.05, 4.69) is 53.5 Å². The minimum absolute atomic E-state index is 0.441. The van der Waals surface area contributed by atoms with Crippen LogP contribution in [0.2, 0.25) is 5.02 Å². The maximum atomic E-state index is 6.20. The topological polar surface area (TPSA) is 18.5 Å². The van der Waals surface area contributed by atoms with E-state index >= 15 is 0 Å². The summed E-state index contributed by atoms with van der Waals surface area (Å²) in [4.78, 5) is 1.19. The van der Waals surface area contributed by atoms with Crippen molar-refractivity contribution in [3.05, 3.63) is 56.2 Å². The second-order valence-electron chi connectivity index (χ2n) is 5.23. The Morgan fingerprint density at radius 3 is 3.09 bits per heavy atom. The van der Waals surface area contributed by atoms with Crippen LogP contribution >= 0.6 is 59.3 Å². The molecule has 7 heteroatoms. The van der Waals surface area contributed by atoms with Crippen LogP contribution in [0.4, 0.5) is 0 Å². The minimum atomic E-state index is -0.666. The SMILES string of the molecule is CC1(c2csc(CO[SH](#P)I)c2)OCCc2ccc(Cl)cc21. The maximum absolute atomic E-state index is 6.20. The van der Waals surface area contributed by atoms with Crippen molar-refractivity contribution in [2.75, 3.05) is 6.61 Å². The number of thiophene rings is 1. The molecule has 3 rings (SSSR count). The molecule has 0 amide bonds. The van der Waals surface area contributed by atoms with Crippen LogP contribution in [0.5, 0.6) is 0 Å². The zero-order valence-electron chi connectivity index (χ0n) is 11.9. The first-order valence-electron chi connectivity index (χ1n) is 6.77.